The van der Waals surface area contributed by atoms with E-state index < -0.39 is 28.7 Å². The first-order valence-corrected chi connectivity index (χ1v) is 6.99. The second-order valence-electron chi connectivity index (χ2n) is 5.19. The number of anilines is 1. The van der Waals surface area contributed by atoms with Crippen molar-refractivity contribution in [2.75, 3.05) is 5.32 Å². The molecule has 7 nitrogen and oxygen atoms in total. The molecular weight excluding hydrogens is 319 g/mol. The van der Waals surface area contributed by atoms with Gasteiger partial charge in [0, 0.05) is 24.2 Å². The van der Waals surface area contributed by atoms with E-state index in [4.69, 9.17) is 4.74 Å². The summed E-state index contributed by atoms with van der Waals surface area (Å²) < 4.78 is 18.4. The van der Waals surface area contributed by atoms with Crippen LogP contribution in [0.3, 0.4) is 0 Å². The van der Waals surface area contributed by atoms with Gasteiger partial charge in [0.1, 0.15) is 5.82 Å². The monoisotopic (exact) mass is 330 g/mol. The third-order valence-corrected chi connectivity index (χ3v) is 3.58. The molecule has 2 aromatic rings. The first kappa shape index (κ1) is 15.6. The summed E-state index contributed by atoms with van der Waals surface area (Å²) in [6.07, 6.45) is -1.04. The van der Waals surface area contributed by atoms with E-state index in [2.05, 4.69) is 5.32 Å². The van der Waals surface area contributed by atoms with E-state index in [9.17, 15) is 24.1 Å². The van der Waals surface area contributed by atoms with Crippen LogP contribution in [0.5, 0.6) is 0 Å². The first-order chi connectivity index (χ1) is 11.4. The van der Waals surface area contributed by atoms with E-state index in [1.807, 2.05) is 0 Å². The fourth-order valence-corrected chi connectivity index (χ4v) is 2.40. The maximum atomic E-state index is 13.3. The lowest BCUT2D eigenvalue weighted by molar-refractivity contribution is -0.384. The van der Waals surface area contributed by atoms with Crippen LogP contribution in [0.15, 0.2) is 42.5 Å². The van der Waals surface area contributed by atoms with Crippen LogP contribution in [0, 0.1) is 15.9 Å². The van der Waals surface area contributed by atoms with Gasteiger partial charge < -0.3 is 10.1 Å². The Balaban J connectivity index is 1.74. The lowest BCUT2D eigenvalue weighted by Crippen LogP contribution is -2.38. The largest absolute Gasteiger partial charge is 0.448 e. The van der Waals surface area contributed by atoms with Crippen molar-refractivity contribution >= 4 is 23.3 Å². The number of nitrogens with one attached hydrogen (secondary N) is 1. The number of cyclic esters (lactones) is 1. The van der Waals surface area contributed by atoms with Gasteiger partial charge in [-0.05, 0) is 35.9 Å². The Bertz CT molecular complexity index is 835. The summed E-state index contributed by atoms with van der Waals surface area (Å²) in [4.78, 5) is 34.1. The van der Waals surface area contributed by atoms with Crippen molar-refractivity contribution in [1.29, 1.82) is 0 Å². The van der Waals surface area contributed by atoms with Gasteiger partial charge in [0.25, 0.3) is 11.6 Å². The number of hydrogen-bond donors (Lipinski definition) is 1. The molecule has 1 amide bonds. The molecule has 1 N–H and O–H groups in total. The number of halogens is 1. The Kier molecular flexibility index (Phi) is 3.95. The normalized spacial score (nSPS) is 16.0. The van der Waals surface area contributed by atoms with Crippen molar-refractivity contribution in [1.82, 2.24) is 0 Å². The molecular formula is C16H11FN2O5. The summed E-state index contributed by atoms with van der Waals surface area (Å²) in [6, 6.07) is 8.89. The number of nitro benzene ring substituents is 1. The highest BCUT2D eigenvalue weighted by atomic mass is 19.1. The molecule has 0 fully saturated rings. The highest BCUT2D eigenvalue weighted by Crippen LogP contribution is 2.23. The Labute approximate surface area is 135 Å². The molecule has 24 heavy (non-hydrogen) atoms. The minimum atomic E-state index is -1.10. The van der Waals surface area contributed by atoms with Crippen molar-refractivity contribution in [3.05, 3.63) is 69.5 Å². The van der Waals surface area contributed by atoms with E-state index in [1.165, 1.54) is 36.4 Å². The number of nitro groups is 1. The number of esters is 1. The number of benzene rings is 2. The molecule has 1 aliphatic rings. The van der Waals surface area contributed by atoms with Crippen LogP contribution < -0.4 is 5.32 Å². The SMILES string of the molecule is O=C1OC(C(=O)Nc2ccc([N+](=O)[O-])cc2)Cc2cc(F)ccc21. The predicted octanol–water partition coefficient (Wildman–Crippen LogP) is 2.45. The zero-order valence-corrected chi connectivity index (χ0v) is 12.2. The van der Waals surface area contributed by atoms with Gasteiger partial charge in [-0.15, -0.1) is 0 Å². The number of ether oxygens (including phenoxy) is 1. The fraction of sp³-hybridized carbons (Fsp3) is 0.125. The molecule has 1 heterocycles. The highest BCUT2D eigenvalue weighted by Gasteiger charge is 2.31. The van der Waals surface area contributed by atoms with Crippen LogP contribution in [0.2, 0.25) is 0 Å². The molecule has 3 rings (SSSR count). The highest BCUT2D eigenvalue weighted by molar-refractivity contribution is 6.00. The molecule has 1 unspecified atom stereocenters. The molecule has 1 atom stereocenters. The average Bonchev–Trinajstić information content (AvgIpc) is 2.54. The van der Waals surface area contributed by atoms with E-state index in [-0.39, 0.29) is 17.7 Å². The summed E-state index contributed by atoms with van der Waals surface area (Å²) in [7, 11) is 0. The number of nitrogens with zero attached hydrogens (tertiary/aromatic N) is 1. The second kappa shape index (κ2) is 6.07. The first-order valence-electron chi connectivity index (χ1n) is 6.99. The summed E-state index contributed by atoms with van der Waals surface area (Å²) in [6.45, 7) is 0. The van der Waals surface area contributed by atoms with E-state index in [0.717, 1.165) is 6.07 Å². The quantitative estimate of drug-likeness (QED) is 0.529. The van der Waals surface area contributed by atoms with Crippen LogP contribution in [0.25, 0.3) is 0 Å². The smallest absolute Gasteiger partial charge is 0.339 e. The fourth-order valence-electron chi connectivity index (χ4n) is 2.40. The Morgan fingerprint density at radius 3 is 2.62 bits per heavy atom. The molecule has 8 heteroatoms. The molecule has 0 saturated carbocycles. The van der Waals surface area contributed by atoms with Crippen molar-refractivity contribution in [2.45, 2.75) is 12.5 Å². The summed E-state index contributed by atoms with van der Waals surface area (Å²) in [5.41, 5.74) is 0.846. The van der Waals surface area contributed by atoms with E-state index in [1.54, 1.807) is 0 Å². The van der Waals surface area contributed by atoms with Gasteiger partial charge >= 0.3 is 5.97 Å². The summed E-state index contributed by atoms with van der Waals surface area (Å²) >= 11 is 0. The van der Waals surface area contributed by atoms with Gasteiger partial charge in [0.2, 0.25) is 0 Å². The Hall–Kier alpha value is -3.29. The number of carbonyl (C=O) groups is 2. The maximum Gasteiger partial charge on any atom is 0.339 e. The van der Waals surface area contributed by atoms with Gasteiger partial charge in [0.05, 0.1) is 10.5 Å². The maximum absolute atomic E-state index is 13.3. The summed E-state index contributed by atoms with van der Waals surface area (Å²) in [5, 5.41) is 13.1. The Morgan fingerprint density at radius 1 is 1.25 bits per heavy atom. The van der Waals surface area contributed by atoms with Crippen molar-refractivity contribution < 1.29 is 23.6 Å². The second-order valence-corrected chi connectivity index (χ2v) is 5.19. The minimum absolute atomic E-state index is 0.0532. The van der Waals surface area contributed by atoms with Crippen molar-refractivity contribution in [2.24, 2.45) is 0 Å². The van der Waals surface area contributed by atoms with Crippen LogP contribution in [0.4, 0.5) is 15.8 Å². The van der Waals surface area contributed by atoms with Gasteiger partial charge in [-0.2, -0.15) is 0 Å². The van der Waals surface area contributed by atoms with E-state index in [0.29, 0.717) is 11.3 Å². The molecule has 0 radical (unpaired) electrons. The third-order valence-electron chi connectivity index (χ3n) is 3.58. The molecule has 0 aliphatic carbocycles. The molecule has 0 saturated heterocycles. The minimum Gasteiger partial charge on any atom is -0.448 e. The van der Waals surface area contributed by atoms with E-state index >= 15 is 0 Å². The van der Waals surface area contributed by atoms with Gasteiger partial charge in [0.15, 0.2) is 6.10 Å². The molecule has 0 spiro atoms. The van der Waals surface area contributed by atoms with Gasteiger partial charge in [-0.25, -0.2) is 9.18 Å². The number of rotatable bonds is 3. The Morgan fingerprint density at radius 2 is 1.96 bits per heavy atom. The van der Waals surface area contributed by atoms with Crippen LogP contribution in [-0.4, -0.2) is 22.9 Å². The topological polar surface area (TPSA) is 98.5 Å². The zero-order chi connectivity index (χ0) is 17.3. The van der Waals surface area contributed by atoms with Crippen molar-refractivity contribution in [3.63, 3.8) is 0 Å². The molecule has 122 valence electrons. The number of fused-ring (bicyclic) bond motifs is 1. The third kappa shape index (κ3) is 3.07. The zero-order valence-electron chi connectivity index (χ0n) is 12.2. The molecule has 1 aliphatic heterocycles. The van der Waals surface area contributed by atoms with Crippen LogP contribution in [-0.2, 0) is 16.0 Å². The molecule has 0 bridgehead atoms. The van der Waals surface area contributed by atoms with Gasteiger partial charge in [-0.1, -0.05) is 0 Å². The van der Waals surface area contributed by atoms with Crippen LogP contribution in [0.1, 0.15) is 15.9 Å². The lowest BCUT2D eigenvalue weighted by Gasteiger charge is -2.23. The summed E-state index contributed by atoms with van der Waals surface area (Å²) in [5.74, 6) is -1.79. The average molecular weight is 330 g/mol. The standard InChI is InChI=1S/C16H11FN2O5/c17-10-1-6-13-9(7-10)8-14(24-16(13)21)15(20)18-11-2-4-12(5-3-11)19(22)23/h1-7,14H,8H2,(H,18,20). The molecule has 2 aromatic carbocycles. The van der Waals surface area contributed by atoms with Crippen molar-refractivity contribution in [3.8, 4) is 0 Å². The van der Waals surface area contributed by atoms with Crippen LogP contribution >= 0.6 is 0 Å². The molecule has 0 aromatic heterocycles. The number of hydrogen-bond acceptors (Lipinski definition) is 5. The number of amides is 1. The number of carbonyl (C=O) groups excluding carboxylic acids is 2. The predicted molar refractivity (Wildman–Crippen MR) is 81.0 cm³/mol. The lowest BCUT2D eigenvalue weighted by atomic mass is 9.98. The number of non-ortho nitro benzene ring substituents is 1. The van der Waals surface area contributed by atoms with Gasteiger partial charge in [-0.3, -0.25) is 14.9 Å².